The average Bonchev–Trinajstić information content (AvgIpc) is 2.78. The molecule has 0 saturated carbocycles. The molecule has 0 unspecified atom stereocenters. The number of piperidine rings is 1. The number of rotatable bonds is 1. The van der Waals surface area contributed by atoms with Crippen molar-refractivity contribution in [1.29, 1.82) is 0 Å². The Bertz CT molecular complexity index is 455. The molecule has 1 aliphatic heterocycles. The summed E-state index contributed by atoms with van der Waals surface area (Å²) in [5, 5.41) is 8.38. The van der Waals surface area contributed by atoms with Crippen LogP contribution in [0, 0.1) is 0 Å². The first-order valence-electron chi connectivity index (χ1n) is 5.62. The second-order valence-electron chi connectivity index (χ2n) is 4.16. The van der Waals surface area contributed by atoms with Crippen LogP contribution in [0.2, 0.25) is 0 Å². The maximum Gasteiger partial charge on any atom is 0.0671 e. The zero-order valence-corrected chi connectivity index (χ0v) is 8.74. The highest BCUT2D eigenvalue weighted by Crippen LogP contribution is 2.27. The second kappa shape index (κ2) is 3.57. The van der Waals surface area contributed by atoms with Gasteiger partial charge in [-0.1, -0.05) is 6.07 Å². The molecule has 1 aromatic heterocycles. The third-order valence-corrected chi connectivity index (χ3v) is 3.16. The summed E-state index contributed by atoms with van der Waals surface area (Å²) in [6.07, 6.45) is 5.93. The molecule has 15 heavy (non-hydrogen) atoms. The zero-order chi connectivity index (χ0) is 10.1. The van der Waals surface area contributed by atoms with Crippen LogP contribution >= 0.6 is 0 Å². The molecule has 0 radical (unpaired) electrons. The predicted molar refractivity (Wildman–Crippen MR) is 62.2 cm³/mol. The molecule has 0 spiro atoms. The van der Waals surface area contributed by atoms with E-state index in [1.807, 2.05) is 6.20 Å². The summed E-state index contributed by atoms with van der Waals surface area (Å²) in [6.45, 7) is 2.37. The summed E-state index contributed by atoms with van der Waals surface area (Å²) in [4.78, 5) is 2.47. The van der Waals surface area contributed by atoms with E-state index >= 15 is 0 Å². The summed E-state index contributed by atoms with van der Waals surface area (Å²) < 4.78 is 0. The summed E-state index contributed by atoms with van der Waals surface area (Å²) in [7, 11) is 0. The van der Waals surface area contributed by atoms with E-state index in [4.69, 9.17) is 0 Å². The number of nitrogens with one attached hydrogen (secondary N) is 1. The van der Waals surface area contributed by atoms with E-state index in [-0.39, 0.29) is 0 Å². The maximum absolute atomic E-state index is 4.11. The molecule has 0 amide bonds. The number of fused-ring (bicyclic) bond motifs is 1. The Balaban J connectivity index is 2.05. The molecule has 1 aromatic carbocycles. The lowest BCUT2D eigenvalue weighted by atomic mass is 10.1. The van der Waals surface area contributed by atoms with Gasteiger partial charge >= 0.3 is 0 Å². The topological polar surface area (TPSA) is 31.9 Å². The van der Waals surface area contributed by atoms with E-state index in [2.05, 4.69) is 33.3 Å². The van der Waals surface area contributed by atoms with Gasteiger partial charge in [-0.25, -0.2) is 0 Å². The molecule has 3 rings (SSSR count). The van der Waals surface area contributed by atoms with Gasteiger partial charge < -0.3 is 4.90 Å². The second-order valence-corrected chi connectivity index (χ2v) is 4.16. The van der Waals surface area contributed by atoms with Gasteiger partial charge in [0.1, 0.15) is 0 Å². The Kier molecular flexibility index (Phi) is 2.09. The molecule has 1 N–H and O–H groups in total. The molecule has 0 atom stereocenters. The highest BCUT2D eigenvalue weighted by Gasteiger charge is 2.13. The Morgan fingerprint density at radius 3 is 2.87 bits per heavy atom. The predicted octanol–water partition coefficient (Wildman–Crippen LogP) is 2.55. The Hall–Kier alpha value is -1.51. The van der Waals surface area contributed by atoms with Crippen LogP contribution in [0.3, 0.4) is 0 Å². The zero-order valence-electron chi connectivity index (χ0n) is 8.74. The van der Waals surface area contributed by atoms with Crippen LogP contribution in [0.15, 0.2) is 24.4 Å². The van der Waals surface area contributed by atoms with Crippen LogP contribution in [-0.2, 0) is 0 Å². The molecule has 78 valence electrons. The fraction of sp³-hybridized carbons (Fsp3) is 0.417. The third kappa shape index (κ3) is 1.48. The van der Waals surface area contributed by atoms with Gasteiger partial charge in [-0.05, 0) is 31.4 Å². The van der Waals surface area contributed by atoms with Gasteiger partial charge in [0.15, 0.2) is 0 Å². The number of nitrogens with zero attached hydrogens (tertiary/aromatic N) is 2. The molecule has 0 aliphatic carbocycles. The number of anilines is 1. The van der Waals surface area contributed by atoms with Gasteiger partial charge in [-0.15, -0.1) is 0 Å². The normalized spacial score (nSPS) is 17.2. The largest absolute Gasteiger partial charge is 0.371 e. The standard InChI is InChI=1S/C12H15N3/c1-2-7-15(8-3-1)12-6-4-5-11-10(12)9-13-14-11/h4-6,9H,1-3,7-8H2,(H,13,14). The minimum absolute atomic E-state index is 1.14. The van der Waals surface area contributed by atoms with Crippen molar-refractivity contribution in [3.05, 3.63) is 24.4 Å². The number of benzene rings is 1. The van der Waals surface area contributed by atoms with Crippen LogP contribution in [0.25, 0.3) is 10.9 Å². The molecular weight excluding hydrogens is 186 g/mol. The van der Waals surface area contributed by atoms with E-state index in [9.17, 15) is 0 Å². The van der Waals surface area contributed by atoms with Crippen LogP contribution in [0.5, 0.6) is 0 Å². The van der Waals surface area contributed by atoms with Crippen molar-refractivity contribution >= 4 is 16.6 Å². The van der Waals surface area contributed by atoms with Crippen molar-refractivity contribution in [3.8, 4) is 0 Å². The molecule has 3 nitrogen and oxygen atoms in total. The monoisotopic (exact) mass is 201 g/mol. The molecule has 3 heteroatoms. The number of hydrogen-bond donors (Lipinski definition) is 1. The Morgan fingerprint density at radius 1 is 1.13 bits per heavy atom. The molecule has 0 bridgehead atoms. The number of aromatic nitrogens is 2. The summed E-state index contributed by atoms with van der Waals surface area (Å²) in [5.41, 5.74) is 2.47. The van der Waals surface area contributed by atoms with Gasteiger partial charge in [0.05, 0.1) is 11.7 Å². The van der Waals surface area contributed by atoms with Crippen LogP contribution in [0.4, 0.5) is 5.69 Å². The van der Waals surface area contributed by atoms with Gasteiger partial charge in [-0.2, -0.15) is 5.10 Å². The van der Waals surface area contributed by atoms with Gasteiger partial charge in [0.2, 0.25) is 0 Å². The van der Waals surface area contributed by atoms with Crippen LogP contribution in [0.1, 0.15) is 19.3 Å². The fourth-order valence-corrected chi connectivity index (χ4v) is 2.36. The smallest absolute Gasteiger partial charge is 0.0671 e. The highest BCUT2D eigenvalue weighted by molar-refractivity contribution is 5.91. The fourth-order valence-electron chi connectivity index (χ4n) is 2.36. The average molecular weight is 201 g/mol. The molecule has 1 fully saturated rings. The minimum atomic E-state index is 1.14. The van der Waals surface area contributed by atoms with Crippen LogP contribution in [-0.4, -0.2) is 23.3 Å². The highest BCUT2D eigenvalue weighted by atomic mass is 15.1. The molecular formula is C12H15N3. The Morgan fingerprint density at radius 2 is 2.00 bits per heavy atom. The van der Waals surface area contributed by atoms with Crippen molar-refractivity contribution < 1.29 is 0 Å². The summed E-state index contributed by atoms with van der Waals surface area (Å²) in [5.74, 6) is 0. The molecule has 2 heterocycles. The van der Waals surface area contributed by atoms with Gasteiger partial charge in [0, 0.05) is 24.2 Å². The number of H-pyrrole nitrogens is 1. The number of aromatic amines is 1. The van der Waals surface area contributed by atoms with E-state index < -0.39 is 0 Å². The summed E-state index contributed by atoms with van der Waals surface area (Å²) in [6, 6.07) is 6.38. The van der Waals surface area contributed by atoms with Crippen LogP contribution < -0.4 is 4.90 Å². The van der Waals surface area contributed by atoms with Crippen molar-refractivity contribution in [2.24, 2.45) is 0 Å². The first kappa shape index (κ1) is 8.77. The first-order chi connectivity index (χ1) is 7.45. The number of hydrogen-bond acceptors (Lipinski definition) is 2. The SMILES string of the molecule is c1cc(N2CCCCC2)c2cn[nH]c2c1. The quantitative estimate of drug-likeness (QED) is 0.769. The molecule has 1 aliphatic rings. The van der Waals surface area contributed by atoms with Gasteiger partial charge in [-0.3, -0.25) is 5.10 Å². The van der Waals surface area contributed by atoms with E-state index in [0.717, 1.165) is 5.52 Å². The van der Waals surface area contributed by atoms with E-state index in [0.29, 0.717) is 0 Å². The van der Waals surface area contributed by atoms with E-state index in [1.54, 1.807) is 0 Å². The molecule has 2 aromatic rings. The lowest BCUT2D eigenvalue weighted by Gasteiger charge is -2.29. The molecule has 1 saturated heterocycles. The first-order valence-corrected chi connectivity index (χ1v) is 5.62. The lowest BCUT2D eigenvalue weighted by Crippen LogP contribution is -2.29. The summed E-state index contributed by atoms with van der Waals surface area (Å²) >= 11 is 0. The van der Waals surface area contributed by atoms with Crippen molar-refractivity contribution in [1.82, 2.24) is 10.2 Å². The lowest BCUT2D eigenvalue weighted by molar-refractivity contribution is 0.579. The van der Waals surface area contributed by atoms with E-state index in [1.165, 1.54) is 43.4 Å². The van der Waals surface area contributed by atoms with Gasteiger partial charge in [0.25, 0.3) is 0 Å². The van der Waals surface area contributed by atoms with Crippen molar-refractivity contribution in [2.45, 2.75) is 19.3 Å². The van der Waals surface area contributed by atoms with Crippen molar-refractivity contribution in [2.75, 3.05) is 18.0 Å². The Labute approximate surface area is 89.1 Å². The minimum Gasteiger partial charge on any atom is -0.371 e. The third-order valence-electron chi connectivity index (χ3n) is 3.16. The van der Waals surface area contributed by atoms with Crippen molar-refractivity contribution in [3.63, 3.8) is 0 Å². The maximum atomic E-state index is 4.11.